The van der Waals surface area contributed by atoms with Gasteiger partial charge in [0.2, 0.25) is 0 Å². The monoisotopic (exact) mass is 319 g/mol. The topological polar surface area (TPSA) is 68.8 Å². The first-order valence-electron chi connectivity index (χ1n) is 7.83. The maximum absolute atomic E-state index is 9.75. The molecule has 6 nitrogen and oxygen atoms in total. The number of benzene rings is 2. The maximum atomic E-state index is 9.75. The van der Waals surface area contributed by atoms with Crippen LogP contribution < -0.4 is 0 Å². The van der Waals surface area contributed by atoms with Gasteiger partial charge in [0.25, 0.3) is 0 Å². The van der Waals surface area contributed by atoms with E-state index in [1.54, 1.807) is 29.1 Å². The quantitative estimate of drug-likeness (QED) is 0.630. The van der Waals surface area contributed by atoms with Gasteiger partial charge in [-0.15, -0.1) is 5.10 Å². The number of aryl methyl sites for hydroxylation is 2. The summed E-state index contributed by atoms with van der Waals surface area (Å²) in [4.78, 5) is 0. The van der Waals surface area contributed by atoms with E-state index in [0.717, 1.165) is 40.0 Å². The van der Waals surface area contributed by atoms with E-state index in [4.69, 9.17) is 0 Å². The first kappa shape index (κ1) is 14.4. The van der Waals surface area contributed by atoms with E-state index in [0.29, 0.717) is 0 Å². The number of nitrogens with zero attached hydrogens (tertiary/aromatic N) is 5. The summed E-state index contributed by atoms with van der Waals surface area (Å²) in [6, 6.07) is 13.2. The van der Waals surface area contributed by atoms with Crippen LogP contribution >= 0.6 is 0 Å². The lowest BCUT2D eigenvalue weighted by Gasteiger charge is -2.08. The van der Waals surface area contributed by atoms with Crippen LogP contribution in [0.25, 0.3) is 28.0 Å². The fourth-order valence-electron chi connectivity index (χ4n) is 2.98. The number of aromatic hydroxyl groups is 1. The van der Waals surface area contributed by atoms with Crippen molar-refractivity contribution in [3.63, 3.8) is 0 Å². The van der Waals surface area contributed by atoms with E-state index >= 15 is 0 Å². The van der Waals surface area contributed by atoms with Gasteiger partial charge in [-0.25, -0.2) is 4.68 Å². The second kappa shape index (κ2) is 5.49. The number of fused-ring (bicyclic) bond motifs is 1. The molecule has 4 rings (SSSR count). The Labute approximate surface area is 139 Å². The highest BCUT2D eigenvalue weighted by molar-refractivity contribution is 5.85. The molecule has 0 aliphatic carbocycles. The molecule has 0 atom stereocenters. The molecule has 2 aromatic heterocycles. The third-order valence-electron chi connectivity index (χ3n) is 4.20. The van der Waals surface area contributed by atoms with Gasteiger partial charge in [-0.1, -0.05) is 18.2 Å². The minimum atomic E-state index is 0.203. The van der Waals surface area contributed by atoms with Gasteiger partial charge in [-0.05, 0) is 42.3 Å². The number of hydrogen-bond donors (Lipinski definition) is 1. The smallest absolute Gasteiger partial charge is 0.117 e. The summed E-state index contributed by atoms with van der Waals surface area (Å²) in [6.07, 6.45) is 2.65. The highest BCUT2D eigenvalue weighted by atomic mass is 16.3. The van der Waals surface area contributed by atoms with Crippen LogP contribution in [0.5, 0.6) is 5.75 Å². The van der Waals surface area contributed by atoms with Crippen molar-refractivity contribution in [2.75, 3.05) is 0 Å². The lowest BCUT2D eigenvalue weighted by Crippen LogP contribution is -1.98. The second-order valence-corrected chi connectivity index (χ2v) is 5.72. The number of rotatable bonds is 3. The van der Waals surface area contributed by atoms with Crippen LogP contribution in [-0.4, -0.2) is 29.9 Å². The molecule has 24 heavy (non-hydrogen) atoms. The molecule has 0 aliphatic heterocycles. The van der Waals surface area contributed by atoms with Gasteiger partial charge >= 0.3 is 0 Å². The molecule has 120 valence electrons. The molecule has 2 heterocycles. The second-order valence-electron chi connectivity index (χ2n) is 5.72. The van der Waals surface area contributed by atoms with Crippen molar-refractivity contribution in [3.05, 3.63) is 54.2 Å². The third kappa shape index (κ3) is 2.23. The standard InChI is InChI=1S/C18H17N5O/c1-3-12-9-13(16-7-8-19-22(16)2)10-17-18(12)20-21-23(17)14-5-4-6-15(24)11-14/h4-11,24H,3H2,1-2H3. The van der Waals surface area contributed by atoms with Crippen LogP contribution in [-0.2, 0) is 13.5 Å². The Bertz CT molecular complexity index is 1030. The van der Waals surface area contributed by atoms with Crippen LogP contribution in [0, 0.1) is 0 Å². The molecule has 4 aromatic rings. The van der Waals surface area contributed by atoms with E-state index in [1.165, 1.54) is 0 Å². The molecule has 0 saturated heterocycles. The zero-order valence-electron chi connectivity index (χ0n) is 13.5. The molecule has 0 amide bonds. The van der Waals surface area contributed by atoms with Gasteiger partial charge in [0.1, 0.15) is 11.3 Å². The van der Waals surface area contributed by atoms with Crippen molar-refractivity contribution in [2.45, 2.75) is 13.3 Å². The largest absolute Gasteiger partial charge is 0.508 e. The molecular formula is C18H17N5O. The zero-order valence-corrected chi connectivity index (χ0v) is 13.5. The summed E-state index contributed by atoms with van der Waals surface area (Å²) in [7, 11) is 1.93. The molecule has 0 aliphatic rings. The third-order valence-corrected chi connectivity index (χ3v) is 4.20. The minimum absolute atomic E-state index is 0.203. The predicted octanol–water partition coefficient (Wildman–Crippen LogP) is 3.09. The molecule has 0 unspecified atom stereocenters. The van der Waals surface area contributed by atoms with Gasteiger partial charge in [-0.2, -0.15) is 5.10 Å². The average molecular weight is 319 g/mol. The van der Waals surface area contributed by atoms with E-state index < -0.39 is 0 Å². The Morgan fingerprint density at radius 3 is 2.71 bits per heavy atom. The first-order valence-corrected chi connectivity index (χ1v) is 7.83. The van der Waals surface area contributed by atoms with Gasteiger partial charge in [0.05, 0.1) is 16.9 Å². The summed E-state index contributed by atoms with van der Waals surface area (Å²) >= 11 is 0. The van der Waals surface area contributed by atoms with Crippen molar-refractivity contribution < 1.29 is 5.11 Å². The Hall–Kier alpha value is -3.15. The van der Waals surface area contributed by atoms with Crippen LogP contribution in [0.3, 0.4) is 0 Å². The summed E-state index contributed by atoms with van der Waals surface area (Å²) < 4.78 is 3.61. The van der Waals surface area contributed by atoms with E-state index in [9.17, 15) is 5.11 Å². The first-order chi connectivity index (χ1) is 11.7. The van der Waals surface area contributed by atoms with E-state index in [2.05, 4.69) is 34.5 Å². The Morgan fingerprint density at radius 2 is 2.00 bits per heavy atom. The van der Waals surface area contributed by atoms with Crippen LogP contribution in [0.1, 0.15) is 12.5 Å². The summed E-state index contributed by atoms with van der Waals surface area (Å²) in [5.74, 6) is 0.203. The molecule has 1 N–H and O–H groups in total. The molecule has 0 saturated carbocycles. The predicted molar refractivity (Wildman–Crippen MR) is 92.1 cm³/mol. The minimum Gasteiger partial charge on any atom is -0.508 e. The van der Waals surface area contributed by atoms with Gasteiger partial charge in [0.15, 0.2) is 0 Å². The Balaban J connectivity index is 1.99. The van der Waals surface area contributed by atoms with E-state index in [1.807, 2.05) is 23.9 Å². The van der Waals surface area contributed by atoms with Crippen molar-refractivity contribution in [2.24, 2.45) is 7.05 Å². The number of phenols is 1. The van der Waals surface area contributed by atoms with Crippen molar-refractivity contribution in [1.82, 2.24) is 24.8 Å². The van der Waals surface area contributed by atoms with Crippen LogP contribution in [0.2, 0.25) is 0 Å². The molecular weight excluding hydrogens is 302 g/mol. The fourth-order valence-corrected chi connectivity index (χ4v) is 2.98. The Kier molecular flexibility index (Phi) is 3.30. The molecule has 0 bridgehead atoms. The number of hydrogen-bond acceptors (Lipinski definition) is 4. The molecule has 2 aromatic carbocycles. The zero-order chi connectivity index (χ0) is 16.7. The highest BCUT2D eigenvalue weighted by Gasteiger charge is 2.14. The van der Waals surface area contributed by atoms with Gasteiger partial charge in [-0.3, -0.25) is 4.68 Å². The van der Waals surface area contributed by atoms with Crippen LogP contribution in [0.15, 0.2) is 48.7 Å². The maximum Gasteiger partial charge on any atom is 0.117 e. The van der Waals surface area contributed by atoms with Crippen molar-refractivity contribution >= 4 is 11.0 Å². The molecule has 6 heteroatoms. The Morgan fingerprint density at radius 1 is 1.12 bits per heavy atom. The normalized spacial score (nSPS) is 11.2. The fraction of sp³-hybridized carbons (Fsp3) is 0.167. The molecule has 0 spiro atoms. The number of aromatic nitrogens is 5. The van der Waals surface area contributed by atoms with Crippen molar-refractivity contribution in [3.8, 4) is 22.7 Å². The summed E-state index contributed by atoms with van der Waals surface area (Å²) in [6.45, 7) is 2.11. The van der Waals surface area contributed by atoms with E-state index in [-0.39, 0.29) is 5.75 Å². The average Bonchev–Trinajstić information content (AvgIpc) is 3.20. The summed E-state index contributed by atoms with van der Waals surface area (Å²) in [5.41, 5.74) is 5.82. The van der Waals surface area contributed by atoms with Crippen LogP contribution in [0.4, 0.5) is 0 Å². The SMILES string of the molecule is CCc1cc(-c2ccnn2C)cc2c1nnn2-c1cccc(O)c1. The van der Waals surface area contributed by atoms with Gasteiger partial charge < -0.3 is 5.11 Å². The number of phenolic OH excluding ortho intramolecular Hbond substituents is 1. The lowest BCUT2D eigenvalue weighted by atomic mass is 10.0. The van der Waals surface area contributed by atoms with Gasteiger partial charge in [0, 0.05) is 24.9 Å². The summed E-state index contributed by atoms with van der Waals surface area (Å²) in [5, 5.41) is 22.6. The highest BCUT2D eigenvalue weighted by Crippen LogP contribution is 2.28. The lowest BCUT2D eigenvalue weighted by molar-refractivity contribution is 0.475. The van der Waals surface area contributed by atoms with Crippen molar-refractivity contribution in [1.29, 1.82) is 0 Å². The molecule has 0 fully saturated rings. The molecule has 0 radical (unpaired) electrons.